The molecular formula is C16H18F2N4O. The van der Waals surface area contributed by atoms with Crippen molar-refractivity contribution in [3.63, 3.8) is 0 Å². The van der Waals surface area contributed by atoms with E-state index in [2.05, 4.69) is 20.8 Å². The predicted octanol–water partition coefficient (Wildman–Crippen LogP) is 2.61. The number of hydrogen-bond donors (Lipinski definition) is 3. The number of carbonyl (C=O) groups excluding carboxylic acids is 1. The summed E-state index contributed by atoms with van der Waals surface area (Å²) in [6.07, 6.45) is 4.12. The highest BCUT2D eigenvalue weighted by Gasteiger charge is 2.23. The SMILES string of the molecule is CC(NC(=O)NC1CCc2cn[nH]c2C1)c1c(F)cccc1F. The van der Waals surface area contributed by atoms with Gasteiger partial charge in [0.15, 0.2) is 0 Å². The van der Waals surface area contributed by atoms with Crippen molar-refractivity contribution in [2.24, 2.45) is 0 Å². The molecule has 1 aliphatic carbocycles. The summed E-state index contributed by atoms with van der Waals surface area (Å²) in [4.78, 5) is 12.1. The van der Waals surface area contributed by atoms with Gasteiger partial charge in [-0.15, -0.1) is 0 Å². The van der Waals surface area contributed by atoms with E-state index >= 15 is 0 Å². The highest BCUT2D eigenvalue weighted by atomic mass is 19.1. The van der Waals surface area contributed by atoms with Crippen LogP contribution in [0.2, 0.25) is 0 Å². The lowest BCUT2D eigenvalue weighted by Crippen LogP contribution is -2.45. The number of fused-ring (bicyclic) bond motifs is 1. The molecule has 2 unspecified atom stereocenters. The molecule has 1 aromatic carbocycles. The molecule has 0 saturated carbocycles. The predicted molar refractivity (Wildman–Crippen MR) is 80.8 cm³/mol. The minimum Gasteiger partial charge on any atom is -0.335 e. The van der Waals surface area contributed by atoms with Gasteiger partial charge in [-0.1, -0.05) is 6.07 Å². The number of nitrogens with one attached hydrogen (secondary N) is 3. The molecule has 2 aromatic rings. The van der Waals surface area contributed by atoms with Crippen LogP contribution in [0.15, 0.2) is 24.4 Å². The average molecular weight is 320 g/mol. The van der Waals surface area contributed by atoms with Crippen molar-refractivity contribution in [2.45, 2.75) is 38.3 Å². The van der Waals surface area contributed by atoms with Crippen molar-refractivity contribution < 1.29 is 13.6 Å². The standard InChI is InChI=1S/C16H18F2N4O/c1-9(15-12(17)3-2-4-13(15)18)20-16(23)21-11-6-5-10-8-19-22-14(10)7-11/h2-4,8-9,11H,5-7H2,1H3,(H,19,22)(H2,20,21,23). The maximum absolute atomic E-state index is 13.7. The Morgan fingerprint density at radius 3 is 2.87 bits per heavy atom. The first-order valence-electron chi connectivity index (χ1n) is 7.56. The molecule has 3 rings (SSSR count). The molecule has 122 valence electrons. The van der Waals surface area contributed by atoms with Crippen LogP contribution in [0.25, 0.3) is 0 Å². The molecule has 0 radical (unpaired) electrons. The maximum Gasteiger partial charge on any atom is 0.315 e. The maximum atomic E-state index is 13.7. The van der Waals surface area contributed by atoms with Crippen LogP contribution in [0.5, 0.6) is 0 Å². The van der Waals surface area contributed by atoms with E-state index in [1.165, 1.54) is 23.8 Å². The summed E-state index contributed by atoms with van der Waals surface area (Å²) in [5, 5.41) is 12.3. The number of hydrogen-bond acceptors (Lipinski definition) is 2. The molecule has 2 atom stereocenters. The summed E-state index contributed by atoms with van der Waals surface area (Å²) in [7, 11) is 0. The number of urea groups is 1. The van der Waals surface area contributed by atoms with Crippen molar-refractivity contribution in [3.05, 3.63) is 52.9 Å². The summed E-state index contributed by atoms with van der Waals surface area (Å²) in [5.74, 6) is -1.34. The molecule has 0 fully saturated rings. The monoisotopic (exact) mass is 320 g/mol. The first kappa shape index (κ1) is 15.5. The van der Waals surface area contributed by atoms with E-state index < -0.39 is 23.7 Å². The lowest BCUT2D eigenvalue weighted by atomic mass is 9.94. The highest BCUT2D eigenvalue weighted by Crippen LogP contribution is 2.21. The number of H-pyrrole nitrogens is 1. The molecule has 0 spiro atoms. The van der Waals surface area contributed by atoms with Gasteiger partial charge in [0.05, 0.1) is 12.2 Å². The minimum atomic E-state index is -0.762. The second kappa shape index (κ2) is 6.36. The normalized spacial score (nSPS) is 18.1. The van der Waals surface area contributed by atoms with E-state index in [-0.39, 0.29) is 11.6 Å². The topological polar surface area (TPSA) is 69.8 Å². The number of rotatable bonds is 3. The first-order chi connectivity index (χ1) is 11.0. The third-order valence-corrected chi connectivity index (χ3v) is 4.14. The van der Waals surface area contributed by atoms with Gasteiger partial charge in [0.1, 0.15) is 11.6 Å². The van der Waals surface area contributed by atoms with Gasteiger partial charge in [-0.2, -0.15) is 5.10 Å². The van der Waals surface area contributed by atoms with Gasteiger partial charge in [-0.05, 0) is 37.5 Å². The third kappa shape index (κ3) is 3.33. The molecule has 0 aliphatic heterocycles. The van der Waals surface area contributed by atoms with Crippen LogP contribution in [0, 0.1) is 11.6 Å². The first-order valence-corrected chi connectivity index (χ1v) is 7.56. The number of aryl methyl sites for hydroxylation is 1. The molecule has 0 saturated heterocycles. The van der Waals surface area contributed by atoms with Gasteiger partial charge in [0, 0.05) is 23.7 Å². The fraction of sp³-hybridized carbons (Fsp3) is 0.375. The lowest BCUT2D eigenvalue weighted by molar-refractivity contribution is 0.232. The summed E-state index contributed by atoms with van der Waals surface area (Å²) in [6, 6.07) is 2.42. The van der Waals surface area contributed by atoms with Crippen LogP contribution in [0.4, 0.5) is 13.6 Å². The molecule has 23 heavy (non-hydrogen) atoms. The van der Waals surface area contributed by atoms with E-state index in [0.29, 0.717) is 6.42 Å². The van der Waals surface area contributed by atoms with Crippen LogP contribution in [0.3, 0.4) is 0 Å². The van der Waals surface area contributed by atoms with E-state index in [9.17, 15) is 13.6 Å². The van der Waals surface area contributed by atoms with Crippen molar-refractivity contribution in [3.8, 4) is 0 Å². The quantitative estimate of drug-likeness (QED) is 0.813. The average Bonchev–Trinajstić information content (AvgIpc) is 2.94. The lowest BCUT2D eigenvalue weighted by Gasteiger charge is -2.24. The molecular weight excluding hydrogens is 302 g/mol. The van der Waals surface area contributed by atoms with E-state index in [1.54, 1.807) is 13.1 Å². The number of benzene rings is 1. The number of halogens is 2. The fourth-order valence-corrected chi connectivity index (χ4v) is 2.95. The minimum absolute atomic E-state index is 0.0272. The smallest absolute Gasteiger partial charge is 0.315 e. The van der Waals surface area contributed by atoms with Crippen molar-refractivity contribution in [1.82, 2.24) is 20.8 Å². The molecule has 3 N–H and O–H groups in total. The molecule has 2 amide bonds. The van der Waals surface area contributed by atoms with Crippen LogP contribution in [-0.4, -0.2) is 22.3 Å². The van der Waals surface area contributed by atoms with Crippen LogP contribution >= 0.6 is 0 Å². The summed E-state index contributed by atoms with van der Waals surface area (Å²) < 4.78 is 27.4. The Labute approximate surface area is 132 Å². The molecule has 0 bridgehead atoms. The molecule has 7 heteroatoms. The summed E-state index contributed by atoms with van der Waals surface area (Å²) in [5.41, 5.74) is 2.06. The van der Waals surface area contributed by atoms with E-state index in [0.717, 1.165) is 18.5 Å². The van der Waals surface area contributed by atoms with Gasteiger partial charge in [0.25, 0.3) is 0 Å². The second-order valence-electron chi connectivity index (χ2n) is 5.79. The Hall–Kier alpha value is -2.44. The fourth-order valence-electron chi connectivity index (χ4n) is 2.95. The zero-order valence-electron chi connectivity index (χ0n) is 12.7. The summed E-state index contributed by atoms with van der Waals surface area (Å²) >= 11 is 0. The highest BCUT2D eigenvalue weighted by molar-refractivity contribution is 5.74. The van der Waals surface area contributed by atoms with Crippen molar-refractivity contribution >= 4 is 6.03 Å². The van der Waals surface area contributed by atoms with Gasteiger partial charge in [-0.25, -0.2) is 13.6 Å². The Balaban J connectivity index is 1.59. The Kier molecular flexibility index (Phi) is 4.27. The van der Waals surface area contributed by atoms with Gasteiger partial charge >= 0.3 is 6.03 Å². The zero-order chi connectivity index (χ0) is 16.4. The number of nitrogens with zero attached hydrogens (tertiary/aromatic N) is 1. The number of carbonyl (C=O) groups is 1. The Morgan fingerprint density at radius 2 is 2.13 bits per heavy atom. The zero-order valence-corrected chi connectivity index (χ0v) is 12.7. The number of aromatic nitrogens is 2. The van der Waals surface area contributed by atoms with Crippen molar-refractivity contribution in [1.29, 1.82) is 0 Å². The molecule has 5 nitrogen and oxygen atoms in total. The van der Waals surface area contributed by atoms with E-state index in [1.807, 2.05) is 0 Å². The second-order valence-corrected chi connectivity index (χ2v) is 5.79. The number of aromatic amines is 1. The molecule has 1 heterocycles. The van der Waals surface area contributed by atoms with Crippen LogP contribution in [-0.2, 0) is 12.8 Å². The Bertz CT molecular complexity index is 696. The van der Waals surface area contributed by atoms with Gasteiger partial charge in [-0.3, -0.25) is 5.10 Å². The van der Waals surface area contributed by atoms with Crippen LogP contribution < -0.4 is 10.6 Å². The Morgan fingerprint density at radius 1 is 1.39 bits per heavy atom. The largest absolute Gasteiger partial charge is 0.335 e. The third-order valence-electron chi connectivity index (χ3n) is 4.14. The van der Waals surface area contributed by atoms with Gasteiger partial charge in [0.2, 0.25) is 0 Å². The van der Waals surface area contributed by atoms with Crippen molar-refractivity contribution in [2.75, 3.05) is 0 Å². The molecule has 1 aliphatic rings. The van der Waals surface area contributed by atoms with Gasteiger partial charge < -0.3 is 10.6 Å². The summed E-state index contributed by atoms with van der Waals surface area (Å²) in [6.45, 7) is 1.55. The van der Waals surface area contributed by atoms with Crippen LogP contribution in [0.1, 0.15) is 36.2 Å². The van der Waals surface area contributed by atoms with E-state index in [4.69, 9.17) is 0 Å². The number of amides is 2. The molecule has 1 aromatic heterocycles.